The Hall–Kier alpha value is 0.310. The molecule has 0 aromatic carbocycles. The maximum absolute atomic E-state index is 3.67. The molecular formula is C15H29NS. The number of rotatable bonds is 3. The second-order valence-electron chi connectivity index (χ2n) is 6.71. The Balaban J connectivity index is 2.06. The van der Waals surface area contributed by atoms with E-state index in [1.165, 1.54) is 37.9 Å². The Morgan fingerprint density at radius 3 is 2.29 bits per heavy atom. The van der Waals surface area contributed by atoms with Gasteiger partial charge in [-0.05, 0) is 69.6 Å². The summed E-state index contributed by atoms with van der Waals surface area (Å²) in [4.78, 5) is 0. The number of hydrogen-bond acceptors (Lipinski definition) is 2. The first kappa shape index (κ1) is 13.7. The molecule has 0 bridgehead atoms. The SMILES string of the molecule is CNC(C1CC(C)CC(C)C1)C1(C)CCCS1. The summed E-state index contributed by atoms with van der Waals surface area (Å²) in [6.45, 7) is 7.38. The van der Waals surface area contributed by atoms with Crippen LogP contribution in [-0.4, -0.2) is 23.6 Å². The van der Waals surface area contributed by atoms with Crippen molar-refractivity contribution in [2.45, 2.75) is 63.7 Å². The molecule has 1 aliphatic heterocycles. The van der Waals surface area contributed by atoms with Gasteiger partial charge in [-0.25, -0.2) is 0 Å². The zero-order chi connectivity index (χ0) is 12.5. The summed E-state index contributed by atoms with van der Waals surface area (Å²) < 4.78 is 0.496. The fourth-order valence-corrected chi connectivity index (χ4v) is 5.90. The van der Waals surface area contributed by atoms with Gasteiger partial charge in [-0.2, -0.15) is 11.8 Å². The molecule has 17 heavy (non-hydrogen) atoms. The maximum Gasteiger partial charge on any atom is 0.0287 e. The highest BCUT2D eigenvalue weighted by Gasteiger charge is 2.42. The van der Waals surface area contributed by atoms with E-state index in [2.05, 4.69) is 44.9 Å². The molecule has 1 aliphatic carbocycles. The van der Waals surface area contributed by atoms with Crippen LogP contribution in [0.4, 0.5) is 0 Å². The Kier molecular flexibility index (Phi) is 4.46. The van der Waals surface area contributed by atoms with Gasteiger partial charge in [0.15, 0.2) is 0 Å². The molecule has 2 fully saturated rings. The van der Waals surface area contributed by atoms with Crippen molar-refractivity contribution in [3.8, 4) is 0 Å². The molecular weight excluding hydrogens is 226 g/mol. The molecule has 1 heterocycles. The first-order valence-corrected chi connectivity index (χ1v) is 8.35. The second-order valence-corrected chi connectivity index (χ2v) is 8.34. The van der Waals surface area contributed by atoms with Gasteiger partial charge < -0.3 is 5.32 Å². The van der Waals surface area contributed by atoms with Crippen LogP contribution < -0.4 is 5.32 Å². The van der Waals surface area contributed by atoms with Crippen LogP contribution in [0.15, 0.2) is 0 Å². The summed E-state index contributed by atoms with van der Waals surface area (Å²) in [6, 6.07) is 0.722. The van der Waals surface area contributed by atoms with Crippen molar-refractivity contribution in [3.05, 3.63) is 0 Å². The molecule has 4 unspecified atom stereocenters. The van der Waals surface area contributed by atoms with Crippen LogP contribution in [0.2, 0.25) is 0 Å². The van der Waals surface area contributed by atoms with E-state index in [0.717, 1.165) is 23.8 Å². The van der Waals surface area contributed by atoms with Crippen LogP contribution in [-0.2, 0) is 0 Å². The molecule has 2 rings (SSSR count). The largest absolute Gasteiger partial charge is 0.315 e. The average Bonchev–Trinajstić information content (AvgIpc) is 2.65. The van der Waals surface area contributed by atoms with Gasteiger partial charge in [0.2, 0.25) is 0 Å². The molecule has 1 nitrogen and oxygen atoms in total. The average molecular weight is 255 g/mol. The van der Waals surface area contributed by atoms with E-state index in [4.69, 9.17) is 0 Å². The Labute approximate surface area is 112 Å². The van der Waals surface area contributed by atoms with Crippen molar-refractivity contribution < 1.29 is 0 Å². The summed E-state index contributed by atoms with van der Waals surface area (Å²) in [5, 5.41) is 3.67. The van der Waals surface area contributed by atoms with E-state index in [9.17, 15) is 0 Å². The van der Waals surface area contributed by atoms with Crippen LogP contribution in [0.3, 0.4) is 0 Å². The second kappa shape index (κ2) is 5.52. The summed E-state index contributed by atoms with van der Waals surface area (Å²) in [7, 11) is 2.18. The third-order valence-electron chi connectivity index (χ3n) is 4.90. The monoisotopic (exact) mass is 255 g/mol. The van der Waals surface area contributed by atoms with Gasteiger partial charge in [0.25, 0.3) is 0 Å². The highest BCUT2D eigenvalue weighted by atomic mass is 32.2. The minimum atomic E-state index is 0.496. The summed E-state index contributed by atoms with van der Waals surface area (Å²) >= 11 is 2.21. The smallest absolute Gasteiger partial charge is 0.0287 e. The zero-order valence-electron chi connectivity index (χ0n) is 12.0. The number of nitrogens with one attached hydrogen (secondary N) is 1. The molecule has 2 heteroatoms. The predicted octanol–water partition coefficient (Wildman–Crippen LogP) is 3.93. The van der Waals surface area contributed by atoms with Crippen molar-refractivity contribution in [1.29, 1.82) is 0 Å². The van der Waals surface area contributed by atoms with Crippen molar-refractivity contribution in [2.24, 2.45) is 17.8 Å². The lowest BCUT2D eigenvalue weighted by Gasteiger charge is -2.43. The molecule has 0 aromatic rings. The molecule has 1 saturated heterocycles. The standard InChI is InChI=1S/C15H29NS/c1-11-8-12(2)10-13(9-11)14(16-4)15(3)6-5-7-17-15/h11-14,16H,5-10H2,1-4H3. The molecule has 0 spiro atoms. The first-order valence-electron chi connectivity index (χ1n) is 7.36. The quantitative estimate of drug-likeness (QED) is 0.820. The molecule has 0 radical (unpaired) electrons. The molecule has 100 valence electrons. The van der Waals surface area contributed by atoms with Gasteiger partial charge in [-0.15, -0.1) is 0 Å². The van der Waals surface area contributed by atoms with Gasteiger partial charge in [0.1, 0.15) is 0 Å². The third kappa shape index (κ3) is 3.01. The van der Waals surface area contributed by atoms with Gasteiger partial charge in [0.05, 0.1) is 0 Å². The van der Waals surface area contributed by atoms with Crippen molar-refractivity contribution >= 4 is 11.8 Å². The Bertz CT molecular complexity index is 237. The summed E-state index contributed by atoms with van der Waals surface area (Å²) in [6.07, 6.45) is 7.13. The predicted molar refractivity (Wildman–Crippen MR) is 78.6 cm³/mol. The van der Waals surface area contributed by atoms with E-state index < -0.39 is 0 Å². The molecule has 0 aromatic heterocycles. The first-order chi connectivity index (χ1) is 8.05. The van der Waals surface area contributed by atoms with E-state index in [0.29, 0.717) is 4.75 Å². The zero-order valence-corrected chi connectivity index (χ0v) is 12.8. The molecule has 4 atom stereocenters. The lowest BCUT2D eigenvalue weighted by Crippen LogP contribution is -2.50. The van der Waals surface area contributed by atoms with E-state index in [1.54, 1.807) is 0 Å². The van der Waals surface area contributed by atoms with E-state index in [-0.39, 0.29) is 0 Å². The van der Waals surface area contributed by atoms with E-state index in [1.807, 2.05) is 0 Å². The third-order valence-corrected chi connectivity index (χ3v) is 6.51. The van der Waals surface area contributed by atoms with Gasteiger partial charge in [-0.1, -0.05) is 13.8 Å². The highest BCUT2D eigenvalue weighted by Crippen LogP contribution is 2.46. The minimum absolute atomic E-state index is 0.496. The topological polar surface area (TPSA) is 12.0 Å². The Morgan fingerprint density at radius 1 is 1.18 bits per heavy atom. The lowest BCUT2D eigenvalue weighted by atomic mass is 9.70. The maximum atomic E-state index is 3.67. The normalized spacial score (nSPS) is 44.8. The highest BCUT2D eigenvalue weighted by molar-refractivity contribution is 8.00. The van der Waals surface area contributed by atoms with Crippen molar-refractivity contribution in [2.75, 3.05) is 12.8 Å². The van der Waals surface area contributed by atoms with Crippen LogP contribution >= 0.6 is 11.8 Å². The van der Waals surface area contributed by atoms with Crippen molar-refractivity contribution in [3.63, 3.8) is 0 Å². The van der Waals surface area contributed by atoms with Crippen LogP contribution in [0.5, 0.6) is 0 Å². The number of hydrogen-bond donors (Lipinski definition) is 1. The van der Waals surface area contributed by atoms with Gasteiger partial charge in [-0.3, -0.25) is 0 Å². The van der Waals surface area contributed by atoms with Crippen LogP contribution in [0, 0.1) is 17.8 Å². The fourth-order valence-electron chi connectivity index (χ4n) is 4.37. The summed E-state index contributed by atoms with van der Waals surface area (Å²) in [5.74, 6) is 4.12. The minimum Gasteiger partial charge on any atom is -0.315 e. The Morgan fingerprint density at radius 2 is 1.82 bits per heavy atom. The van der Waals surface area contributed by atoms with Crippen LogP contribution in [0.1, 0.15) is 52.9 Å². The van der Waals surface area contributed by atoms with Gasteiger partial charge in [0, 0.05) is 10.8 Å². The molecule has 1 saturated carbocycles. The van der Waals surface area contributed by atoms with E-state index >= 15 is 0 Å². The van der Waals surface area contributed by atoms with Crippen molar-refractivity contribution in [1.82, 2.24) is 5.32 Å². The number of thioether (sulfide) groups is 1. The summed E-state index contributed by atoms with van der Waals surface area (Å²) in [5.41, 5.74) is 0. The molecule has 1 N–H and O–H groups in total. The molecule has 2 aliphatic rings. The van der Waals surface area contributed by atoms with Crippen LogP contribution in [0.25, 0.3) is 0 Å². The fraction of sp³-hybridized carbons (Fsp3) is 1.00. The lowest BCUT2D eigenvalue weighted by molar-refractivity contribution is 0.161. The molecule has 0 amide bonds. The van der Waals surface area contributed by atoms with Gasteiger partial charge >= 0.3 is 0 Å².